The van der Waals surface area contributed by atoms with E-state index < -0.39 is 38.7 Å². The third-order valence-corrected chi connectivity index (χ3v) is 3.54. The second-order valence-corrected chi connectivity index (χ2v) is 6.48. The summed E-state index contributed by atoms with van der Waals surface area (Å²) in [6.07, 6.45) is 2.65. The van der Waals surface area contributed by atoms with Crippen LogP contribution in [-0.2, 0) is 14.3 Å². The molecule has 1 N–H and O–H groups in total. The van der Waals surface area contributed by atoms with Gasteiger partial charge in [-0.05, 0) is 32.9 Å². The van der Waals surface area contributed by atoms with Crippen LogP contribution in [-0.4, -0.2) is 34.1 Å². The Bertz CT molecular complexity index is 446. The first kappa shape index (κ1) is 14.8. The third-order valence-electron chi connectivity index (χ3n) is 1.63. The van der Waals surface area contributed by atoms with Gasteiger partial charge in [0.15, 0.2) is 5.71 Å². The second kappa shape index (κ2) is 6.07. The molecule has 6 nitrogen and oxygen atoms in total. The largest absolute Gasteiger partial charge is 0.464 e. The molecule has 0 saturated carbocycles. The molecule has 0 aromatic carbocycles. The van der Waals surface area contributed by atoms with E-state index in [4.69, 9.17) is 4.74 Å². The molecule has 0 aromatic heterocycles. The van der Waals surface area contributed by atoms with E-state index >= 15 is 0 Å². The Hall–Kier alpha value is -1.25. The lowest BCUT2D eigenvalue weighted by Crippen LogP contribution is -2.35. The molecule has 1 rings (SSSR count). The van der Waals surface area contributed by atoms with Gasteiger partial charge in [-0.3, -0.25) is 5.32 Å². The van der Waals surface area contributed by atoms with Crippen LogP contribution in [0.15, 0.2) is 15.4 Å². The Labute approximate surface area is 116 Å². The summed E-state index contributed by atoms with van der Waals surface area (Å²) in [6, 6.07) is 0. The zero-order valence-electron chi connectivity index (χ0n) is 10.6. The third kappa shape index (κ3) is 4.94. The molecule has 0 unspecified atom stereocenters. The fourth-order valence-electron chi connectivity index (χ4n) is 0.971. The van der Waals surface area contributed by atoms with Crippen molar-refractivity contribution in [2.75, 3.05) is 7.11 Å². The number of carbonyl (C=O) groups excluding carboxylic acids is 2. The summed E-state index contributed by atoms with van der Waals surface area (Å²) in [5, 5.41) is 2.61. The summed E-state index contributed by atoms with van der Waals surface area (Å²) in [5.74, 6) is -0.470. The number of nitrogens with one attached hydrogen (secondary N) is 1. The van der Waals surface area contributed by atoms with Crippen molar-refractivity contribution in [1.29, 1.82) is 0 Å². The number of hydrogen-bond donors (Lipinski definition) is 1. The molecular weight excluding hydrogens is 351 g/mol. The summed E-state index contributed by atoms with van der Waals surface area (Å²) in [5.41, 5.74) is -0.262. The highest BCUT2D eigenvalue weighted by atomic mass is 127. The quantitative estimate of drug-likeness (QED) is 0.596. The van der Waals surface area contributed by atoms with Crippen molar-refractivity contribution in [2.24, 2.45) is 3.21 Å². The molecular formula is C11H15IN2O4. The lowest BCUT2D eigenvalue weighted by Gasteiger charge is -2.19. The van der Waals surface area contributed by atoms with E-state index in [0.717, 1.165) is 0 Å². The van der Waals surface area contributed by atoms with Crippen molar-refractivity contribution < 1.29 is 19.1 Å². The first-order chi connectivity index (χ1) is 8.31. The van der Waals surface area contributed by atoms with Gasteiger partial charge in [-0.2, -0.15) is 0 Å². The molecule has 0 bridgehead atoms. The molecule has 0 saturated heterocycles. The zero-order valence-corrected chi connectivity index (χ0v) is 12.8. The van der Waals surface area contributed by atoms with Crippen LogP contribution in [0, 0.1) is 0 Å². The SMILES string of the molecule is COC(=O)C1=NI=C(NC(=O)OC(C)(C)C)C=C1. The number of amides is 1. The average molecular weight is 366 g/mol. The van der Waals surface area contributed by atoms with Crippen LogP contribution in [0.25, 0.3) is 0 Å². The molecule has 100 valence electrons. The minimum atomic E-state index is -0.802. The number of rotatable bonds is 2. The van der Waals surface area contributed by atoms with Crippen molar-refractivity contribution >= 4 is 42.4 Å². The topological polar surface area (TPSA) is 77.0 Å². The molecule has 0 spiro atoms. The number of hydrogen-bond acceptors (Lipinski definition) is 5. The first-order valence-corrected chi connectivity index (χ1v) is 7.21. The molecule has 7 heteroatoms. The van der Waals surface area contributed by atoms with Gasteiger partial charge in [-0.25, -0.2) is 12.8 Å². The predicted molar refractivity (Wildman–Crippen MR) is 77.0 cm³/mol. The molecule has 0 radical (unpaired) electrons. The van der Waals surface area contributed by atoms with Gasteiger partial charge >= 0.3 is 12.1 Å². The van der Waals surface area contributed by atoms with Crippen LogP contribution >= 0.6 is 21.0 Å². The van der Waals surface area contributed by atoms with E-state index in [9.17, 15) is 9.59 Å². The van der Waals surface area contributed by atoms with Crippen molar-refractivity contribution in [1.82, 2.24) is 5.32 Å². The Morgan fingerprint density at radius 2 is 2.00 bits per heavy atom. The van der Waals surface area contributed by atoms with Crippen molar-refractivity contribution in [2.45, 2.75) is 26.4 Å². The van der Waals surface area contributed by atoms with Crippen LogP contribution in [0.2, 0.25) is 0 Å². The Morgan fingerprint density at radius 3 is 2.44 bits per heavy atom. The fourth-order valence-corrected chi connectivity index (χ4v) is 2.53. The summed E-state index contributed by atoms with van der Waals surface area (Å²) >= 11 is -0.802. The molecule has 1 amide bonds. The predicted octanol–water partition coefficient (Wildman–Crippen LogP) is 1.71. The standard InChI is InChI=1S/C11H15IN2O4/c1-11(2,3)18-10(16)13-8-6-5-7(14-12-8)9(15)17-4/h5-6H,1-4H3,(H,13,16). The van der Waals surface area contributed by atoms with Gasteiger partial charge in [0.25, 0.3) is 0 Å². The van der Waals surface area contributed by atoms with E-state index in [0.29, 0.717) is 3.63 Å². The number of ether oxygens (including phenoxy) is 2. The van der Waals surface area contributed by atoms with Crippen molar-refractivity contribution in [3.05, 3.63) is 12.2 Å². The normalized spacial score (nSPS) is 14.9. The molecule has 1 aliphatic rings. The summed E-state index contributed by atoms with van der Waals surface area (Å²) in [7, 11) is 1.30. The van der Waals surface area contributed by atoms with Crippen LogP contribution in [0.5, 0.6) is 0 Å². The number of methoxy groups -OCH3 is 1. The lowest BCUT2D eigenvalue weighted by molar-refractivity contribution is -0.132. The highest BCUT2D eigenvalue weighted by molar-refractivity contribution is 14.2. The average Bonchev–Trinajstić information content (AvgIpc) is 2.26. The second-order valence-electron chi connectivity index (χ2n) is 4.35. The number of nitrogens with zero attached hydrogens (tertiary/aromatic N) is 1. The van der Waals surface area contributed by atoms with Crippen LogP contribution in [0.4, 0.5) is 4.79 Å². The molecule has 18 heavy (non-hydrogen) atoms. The first-order valence-electron chi connectivity index (χ1n) is 5.17. The molecule has 0 aromatic rings. The smallest absolute Gasteiger partial charge is 0.412 e. The summed E-state index contributed by atoms with van der Waals surface area (Å²) in [4.78, 5) is 22.7. The number of alkyl carbamates (subject to hydrolysis) is 1. The zero-order chi connectivity index (χ0) is 13.8. The van der Waals surface area contributed by atoms with Crippen molar-refractivity contribution in [3.63, 3.8) is 0 Å². The maximum Gasteiger partial charge on any atom is 0.412 e. The van der Waals surface area contributed by atoms with Gasteiger partial charge in [0.05, 0.1) is 31.7 Å². The van der Waals surface area contributed by atoms with E-state index in [2.05, 4.69) is 13.3 Å². The summed E-state index contributed by atoms with van der Waals surface area (Å²) in [6.45, 7) is 5.36. The highest BCUT2D eigenvalue weighted by Crippen LogP contribution is 2.11. The van der Waals surface area contributed by atoms with Gasteiger partial charge in [-0.1, -0.05) is 0 Å². The van der Waals surface area contributed by atoms with E-state index in [1.54, 1.807) is 26.8 Å². The summed E-state index contributed by atoms with van der Waals surface area (Å²) < 4.78 is 14.4. The highest BCUT2D eigenvalue weighted by Gasteiger charge is 2.17. The van der Waals surface area contributed by atoms with Gasteiger partial charge < -0.3 is 9.47 Å². The van der Waals surface area contributed by atoms with Crippen LogP contribution in [0.3, 0.4) is 0 Å². The van der Waals surface area contributed by atoms with Gasteiger partial charge in [0.2, 0.25) is 0 Å². The number of esters is 1. The fraction of sp³-hybridized carbons (Fsp3) is 0.455. The Balaban J connectivity index is 2.60. The minimum absolute atomic E-state index is 0.278. The molecule has 1 aliphatic heterocycles. The van der Waals surface area contributed by atoms with E-state index in [1.165, 1.54) is 13.2 Å². The van der Waals surface area contributed by atoms with Crippen LogP contribution < -0.4 is 5.32 Å². The maximum absolute atomic E-state index is 11.5. The molecule has 0 aliphatic carbocycles. The number of halogens is 1. The van der Waals surface area contributed by atoms with Gasteiger partial charge in [0.1, 0.15) is 5.60 Å². The van der Waals surface area contributed by atoms with Crippen molar-refractivity contribution in [3.8, 4) is 0 Å². The van der Waals surface area contributed by atoms with E-state index in [-0.39, 0.29) is 5.71 Å². The molecule has 1 heterocycles. The number of carbonyl (C=O) groups is 2. The Morgan fingerprint density at radius 1 is 1.33 bits per heavy atom. The molecule has 0 atom stereocenters. The maximum atomic E-state index is 11.5. The lowest BCUT2D eigenvalue weighted by atomic mass is 10.2. The minimum Gasteiger partial charge on any atom is -0.464 e. The monoisotopic (exact) mass is 366 g/mol. The van der Waals surface area contributed by atoms with Crippen LogP contribution in [0.1, 0.15) is 20.8 Å². The van der Waals surface area contributed by atoms with Gasteiger partial charge in [-0.15, -0.1) is 0 Å². The Kier molecular flexibility index (Phi) is 5.00. The van der Waals surface area contributed by atoms with E-state index in [1.807, 2.05) is 0 Å². The molecule has 0 fully saturated rings. The van der Waals surface area contributed by atoms with Gasteiger partial charge in [0, 0.05) is 0 Å².